The lowest BCUT2D eigenvalue weighted by Gasteiger charge is -2.38. The van der Waals surface area contributed by atoms with Gasteiger partial charge in [-0.1, -0.05) is 159 Å². The fourth-order valence-corrected chi connectivity index (χ4v) is 9.37. The minimum absolute atomic E-state index is 0.0430. The molecule has 0 aromatic carbocycles. The quantitative estimate of drug-likeness (QED) is 0.212. The predicted molar refractivity (Wildman–Crippen MR) is 259 cm³/mol. The van der Waals surface area contributed by atoms with Crippen molar-refractivity contribution in [3.05, 3.63) is 0 Å². The Morgan fingerprint density at radius 3 is 0.603 bits per heavy atom. The van der Waals surface area contributed by atoms with Gasteiger partial charge in [-0.3, -0.25) is 0 Å². The van der Waals surface area contributed by atoms with Crippen molar-refractivity contribution in [3.8, 4) is 0 Å². The Bertz CT molecular complexity index is 1460. The van der Waals surface area contributed by atoms with E-state index >= 15 is 0 Å². The highest BCUT2D eigenvalue weighted by Crippen LogP contribution is 2.85. The van der Waals surface area contributed by atoms with E-state index in [1.165, 1.54) is 44.9 Å². The van der Waals surface area contributed by atoms with Crippen molar-refractivity contribution in [2.24, 2.45) is 121 Å². The van der Waals surface area contributed by atoms with Crippen molar-refractivity contribution >= 4 is 0 Å². The van der Waals surface area contributed by atoms with E-state index in [1.54, 1.807) is 13.8 Å². The molecule has 9 rings (SSSR count). The molecule has 0 radical (unpaired) electrons. The lowest BCUT2D eigenvalue weighted by atomic mass is 9.68. The molecule has 0 amide bonds. The van der Waals surface area contributed by atoms with Gasteiger partial charge in [0.25, 0.3) is 0 Å². The third kappa shape index (κ3) is 16.6. The molecule has 0 saturated heterocycles. The molecule has 0 aromatic heterocycles. The largest absolute Gasteiger partial charge is 0.404 e. The lowest BCUT2D eigenvalue weighted by molar-refractivity contribution is -0.336. The van der Waals surface area contributed by atoms with Gasteiger partial charge in [-0.05, 0) is 156 Å². The van der Waals surface area contributed by atoms with Gasteiger partial charge < -0.3 is 0 Å². The van der Waals surface area contributed by atoms with Gasteiger partial charge in [0.1, 0.15) is 0 Å². The average molecular weight is 1000 g/mol. The first-order valence-electron chi connectivity index (χ1n) is 26.1. The Labute approximate surface area is 408 Å². The predicted octanol–water partition coefficient (Wildman–Crippen LogP) is 21.0. The number of alkyl halides is 12. The molecule has 12 heteroatoms. The number of hydrogen-bond acceptors (Lipinski definition) is 0. The average Bonchev–Trinajstić information content (AvgIpc) is 3.66. The van der Waals surface area contributed by atoms with Gasteiger partial charge in [0.15, 0.2) is 5.41 Å². The van der Waals surface area contributed by atoms with Crippen molar-refractivity contribution in [2.75, 3.05) is 0 Å². The van der Waals surface area contributed by atoms with Gasteiger partial charge in [0.2, 0.25) is 0 Å². The monoisotopic (exact) mass is 1000 g/mol. The minimum Gasteiger partial charge on any atom is -0.171 e. The molecule has 10 atom stereocenters. The zero-order valence-corrected chi connectivity index (χ0v) is 47.1. The third-order valence-electron chi connectivity index (χ3n) is 20.6. The Kier molecular flexibility index (Phi) is 20.7. The fraction of sp³-hybridized carbons (Fsp3) is 1.00. The molecule has 9 aliphatic rings. The molecule has 0 aromatic rings. The summed E-state index contributed by atoms with van der Waals surface area (Å²) in [5, 5.41) is 0. The second-order valence-corrected chi connectivity index (χ2v) is 27.4. The molecule has 68 heavy (non-hydrogen) atoms. The smallest absolute Gasteiger partial charge is 0.171 e. The fourth-order valence-electron chi connectivity index (χ4n) is 9.37. The summed E-state index contributed by atoms with van der Waals surface area (Å²) in [6, 6.07) is 0. The van der Waals surface area contributed by atoms with Crippen LogP contribution in [0, 0.1) is 121 Å². The standard InChI is InChI=1S/C8H7F9.C8H16.C7H14.C6H9F3.2C6H12.3C5H10/c1-3-4(2,6(9,10)11)5(3,7(12,13)14)8(15,16)17;1-6-7(2,3)8(6,4)5;1-5-4-6(2)7(5)3;1-3-4(2)5(3)6(7,8)9;1-5-4-6(5,2)3;1-4-5(2)6(4)3;2*1-5(2)3-4-5;1-4-3-5(4)2/h3H,1-2H3;6H,1-5H3;5-7H,4H2,1-3H3;3-5H,1-2H3;5H,4H2,1-3H3;4-6H,1-3H3;2*3-4H2,1-2H3;4-5H,3H2,1-2H3/t3-,4?;;;3-,4?,5?;5-;;;;4-,5?/m0..01...1/s1. The van der Waals surface area contributed by atoms with E-state index in [4.69, 9.17) is 0 Å². The number of rotatable bonds is 0. The van der Waals surface area contributed by atoms with Gasteiger partial charge in [-0.15, -0.1) is 0 Å². The van der Waals surface area contributed by atoms with Gasteiger partial charge in [-0.2, -0.15) is 52.7 Å². The van der Waals surface area contributed by atoms with E-state index in [2.05, 4.69) is 138 Å². The molecule has 9 saturated carbocycles. The summed E-state index contributed by atoms with van der Waals surface area (Å²) in [5.74, 6) is 6.19. The molecule has 0 spiro atoms. The molecule has 9 aliphatic carbocycles. The highest BCUT2D eigenvalue weighted by molar-refractivity contribution is 5.27. The van der Waals surface area contributed by atoms with Crippen LogP contribution in [-0.2, 0) is 0 Å². The highest BCUT2D eigenvalue weighted by Gasteiger charge is 2.99. The van der Waals surface area contributed by atoms with Crippen LogP contribution in [-0.4, -0.2) is 24.7 Å². The SMILES string of the molecule is CC1(C)CC1.CC1(C)CC1.CC1C(C(F)(F)F)[C@H]1C.CC1C(C)(C)C1(C)C.CC1C(C)C1C.CC1CC(C)C1C.CC1C[C@H]1C.C[C@@H]1CC1(C)C.C[C@H]1C(C)(C(F)(F)F)C1(C(F)(F)F)C(F)(F)F. The molecular formula is C56H100F12. The summed E-state index contributed by atoms with van der Waals surface area (Å²) in [7, 11) is 0. The molecule has 408 valence electrons. The summed E-state index contributed by atoms with van der Waals surface area (Å²) in [4.78, 5) is 0. The van der Waals surface area contributed by atoms with Crippen molar-refractivity contribution < 1.29 is 52.7 Å². The van der Waals surface area contributed by atoms with E-state index < -0.39 is 47.4 Å². The summed E-state index contributed by atoms with van der Waals surface area (Å²) in [6.07, 6.45) is -11.3. The first-order chi connectivity index (χ1) is 29.8. The first-order valence-corrected chi connectivity index (χ1v) is 26.1. The minimum atomic E-state index is -5.99. The molecule has 6 unspecified atom stereocenters. The molecule has 0 heterocycles. The maximum absolute atomic E-state index is 12.4. The van der Waals surface area contributed by atoms with E-state index in [-0.39, 0.29) is 18.8 Å². The molecule has 0 bridgehead atoms. The first kappa shape index (κ1) is 65.2. The van der Waals surface area contributed by atoms with Crippen molar-refractivity contribution in [1.82, 2.24) is 0 Å². The van der Waals surface area contributed by atoms with Gasteiger partial charge in [0.05, 0.1) is 11.3 Å². The Morgan fingerprint density at radius 1 is 0.353 bits per heavy atom. The lowest BCUT2D eigenvalue weighted by Crippen LogP contribution is -2.46. The van der Waals surface area contributed by atoms with Crippen molar-refractivity contribution in [2.45, 2.75) is 236 Å². The topological polar surface area (TPSA) is 0 Å². The molecule has 9 fully saturated rings. The zero-order valence-electron chi connectivity index (χ0n) is 47.1. The van der Waals surface area contributed by atoms with Gasteiger partial charge in [-0.25, -0.2) is 0 Å². The molecule has 0 aliphatic heterocycles. The summed E-state index contributed by atoms with van der Waals surface area (Å²) in [6.45, 7) is 50.0. The van der Waals surface area contributed by atoms with Crippen LogP contribution in [0.5, 0.6) is 0 Å². The van der Waals surface area contributed by atoms with Crippen LogP contribution in [0.25, 0.3) is 0 Å². The molecular weight excluding hydrogens is 901 g/mol. The van der Waals surface area contributed by atoms with E-state index in [9.17, 15) is 52.7 Å². The third-order valence-corrected chi connectivity index (χ3v) is 20.6. The number of hydrogen-bond donors (Lipinski definition) is 0. The van der Waals surface area contributed by atoms with Crippen LogP contribution in [0.3, 0.4) is 0 Å². The molecule has 0 N–H and O–H groups in total. The zero-order chi connectivity index (χ0) is 54.5. The van der Waals surface area contributed by atoms with E-state index in [1.807, 2.05) is 0 Å². The molecule has 0 nitrogen and oxygen atoms in total. The summed E-state index contributed by atoms with van der Waals surface area (Å²) in [5.41, 5.74) is -5.11. The normalized spacial score (nSPS) is 39.6. The van der Waals surface area contributed by atoms with Crippen LogP contribution in [0.2, 0.25) is 0 Å². The van der Waals surface area contributed by atoms with Crippen LogP contribution in [0.15, 0.2) is 0 Å². The maximum atomic E-state index is 12.4. The Hall–Kier alpha value is -0.840. The Balaban J connectivity index is 0.000000396. The summed E-state index contributed by atoms with van der Waals surface area (Å²) >= 11 is 0. The van der Waals surface area contributed by atoms with E-state index in [0.29, 0.717) is 23.2 Å². The van der Waals surface area contributed by atoms with Gasteiger partial charge in [0, 0.05) is 0 Å². The summed E-state index contributed by atoms with van der Waals surface area (Å²) < 4.78 is 147. The maximum Gasteiger partial charge on any atom is 0.404 e. The van der Waals surface area contributed by atoms with Crippen LogP contribution >= 0.6 is 0 Å². The Morgan fingerprint density at radius 2 is 0.588 bits per heavy atom. The van der Waals surface area contributed by atoms with Crippen LogP contribution in [0.1, 0.15) is 211 Å². The second-order valence-electron chi connectivity index (χ2n) is 27.4. The van der Waals surface area contributed by atoms with Crippen molar-refractivity contribution in [1.29, 1.82) is 0 Å². The second kappa shape index (κ2) is 21.6. The van der Waals surface area contributed by atoms with Crippen LogP contribution < -0.4 is 0 Å². The number of halogens is 12. The van der Waals surface area contributed by atoms with E-state index in [0.717, 1.165) is 70.0 Å². The van der Waals surface area contributed by atoms with Gasteiger partial charge >= 0.3 is 24.7 Å². The van der Waals surface area contributed by atoms with Crippen LogP contribution in [0.4, 0.5) is 52.7 Å². The van der Waals surface area contributed by atoms with Crippen molar-refractivity contribution in [3.63, 3.8) is 0 Å². The highest BCUT2D eigenvalue weighted by atomic mass is 19.4.